The van der Waals surface area contributed by atoms with Crippen LogP contribution in [0.1, 0.15) is 35.6 Å². The van der Waals surface area contributed by atoms with Gasteiger partial charge in [0.2, 0.25) is 0 Å². The van der Waals surface area contributed by atoms with E-state index in [0.717, 1.165) is 29.7 Å². The van der Waals surface area contributed by atoms with Crippen molar-refractivity contribution in [2.45, 2.75) is 63.7 Å². The first kappa shape index (κ1) is 33.2. The van der Waals surface area contributed by atoms with E-state index in [1.807, 2.05) is 59.5 Å². The highest BCUT2D eigenvalue weighted by atomic mass is 19.4. The Bertz CT molecular complexity index is 1520. The predicted octanol–water partition coefficient (Wildman–Crippen LogP) is 7.99. The number of hydrogen-bond acceptors (Lipinski definition) is 5. The first-order valence-electron chi connectivity index (χ1n) is 16.5. The smallest absolute Gasteiger partial charge is 0.371 e. The highest BCUT2D eigenvalue weighted by Gasteiger charge is 2.45. The standard InChI is InChI=1S/C39H43F3N2O3/c1-29-37(46-27-31-15-7-3-8-16-31)38(47-28-32-17-9-4-10-18-32)36(45-26-30-13-5-2-6-14-30)25-44(29)24-33-21-22-43(23-33)35-20-12-11-19-34(35)39(40,41)42/h2-20,29,33,36-38H,21-28H2,1H3/t29-,33-,36+,37-,38-/m1/s1. The molecule has 0 bridgehead atoms. The Kier molecular flexibility index (Phi) is 10.9. The zero-order chi connectivity index (χ0) is 32.6. The summed E-state index contributed by atoms with van der Waals surface area (Å²) in [5.74, 6) is 0.199. The van der Waals surface area contributed by atoms with Crippen molar-refractivity contribution in [2.75, 3.05) is 31.1 Å². The number of benzene rings is 4. The van der Waals surface area contributed by atoms with Crippen molar-refractivity contribution in [1.82, 2.24) is 4.90 Å². The SMILES string of the molecule is C[C@@H]1[C@@H](OCc2ccccc2)[C@H](OCc2ccccc2)[C@@H](OCc2ccccc2)CN1C[C@@H]1CCN(c2ccccc2C(F)(F)F)C1. The van der Waals surface area contributed by atoms with Crippen LogP contribution in [0.15, 0.2) is 115 Å². The molecule has 0 aromatic heterocycles. The fourth-order valence-corrected chi connectivity index (χ4v) is 6.85. The van der Waals surface area contributed by atoms with Crippen molar-refractivity contribution >= 4 is 5.69 Å². The molecule has 2 aliphatic heterocycles. The van der Waals surface area contributed by atoms with Crippen LogP contribution in [0.25, 0.3) is 0 Å². The quantitative estimate of drug-likeness (QED) is 0.156. The molecule has 0 amide bonds. The first-order valence-corrected chi connectivity index (χ1v) is 16.5. The van der Waals surface area contributed by atoms with E-state index >= 15 is 0 Å². The third-order valence-electron chi connectivity index (χ3n) is 9.36. The lowest BCUT2D eigenvalue weighted by atomic mass is 9.92. The summed E-state index contributed by atoms with van der Waals surface area (Å²) in [4.78, 5) is 4.29. The number of nitrogens with zero attached hydrogens (tertiary/aromatic N) is 2. The summed E-state index contributed by atoms with van der Waals surface area (Å²) in [6, 6.07) is 36.2. The topological polar surface area (TPSA) is 34.2 Å². The van der Waals surface area contributed by atoms with Crippen molar-refractivity contribution in [3.05, 3.63) is 138 Å². The lowest BCUT2D eigenvalue weighted by Crippen LogP contribution is -2.63. The summed E-state index contributed by atoms with van der Waals surface area (Å²) in [7, 11) is 0. The molecule has 0 N–H and O–H groups in total. The summed E-state index contributed by atoms with van der Waals surface area (Å²) in [6.45, 7) is 6.00. The monoisotopic (exact) mass is 644 g/mol. The fraction of sp³-hybridized carbons (Fsp3) is 0.385. The summed E-state index contributed by atoms with van der Waals surface area (Å²) in [6.07, 6.45) is -4.48. The van der Waals surface area contributed by atoms with E-state index in [0.29, 0.717) is 39.5 Å². The van der Waals surface area contributed by atoms with Gasteiger partial charge in [-0.1, -0.05) is 103 Å². The van der Waals surface area contributed by atoms with Crippen LogP contribution in [0.2, 0.25) is 0 Å². The zero-order valence-corrected chi connectivity index (χ0v) is 26.8. The highest BCUT2D eigenvalue weighted by Crippen LogP contribution is 2.39. The van der Waals surface area contributed by atoms with E-state index in [4.69, 9.17) is 14.2 Å². The largest absolute Gasteiger partial charge is 0.418 e. The Morgan fingerprint density at radius 2 is 1.15 bits per heavy atom. The van der Waals surface area contributed by atoms with Gasteiger partial charge < -0.3 is 19.1 Å². The molecule has 0 saturated carbocycles. The molecule has 2 fully saturated rings. The number of rotatable bonds is 12. The van der Waals surface area contributed by atoms with E-state index in [2.05, 4.69) is 48.2 Å². The molecule has 0 unspecified atom stereocenters. The van der Waals surface area contributed by atoms with E-state index in [1.54, 1.807) is 12.1 Å². The number of para-hydroxylation sites is 1. The molecule has 2 heterocycles. The van der Waals surface area contributed by atoms with Crippen LogP contribution in [0.3, 0.4) is 0 Å². The molecule has 0 aliphatic carbocycles. The number of halogens is 3. The fourth-order valence-electron chi connectivity index (χ4n) is 6.85. The molecule has 5 nitrogen and oxygen atoms in total. The summed E-state index contributed by atoms with van der Waals surface area (Å²) < 4.78 is 61.6. The van der Waals surface area contributed by atoms with Crippen LogP contribution in [0.5, 0.6) is 0 Å². The minimum Gasteiger partial charge on any atom is -0.371 e. The third kappa shape index (κ3) is 8.62. The lowest BCUT2D eigenvalue weighted by Gasteiger charge is -2.48. The highest BCUT2D eigenvalue weighted by molar-refractivity contribution is 5.55. The molecule has 2 saturated heterocycles. The third-order valence-corrected chi connectivity index (χ3v) is 9.36. The summed E-state index contributed by atoms with van der Waals surface area (Å²) >= 11 is 0. The number of piperidine rings is 1. The number of ether oxygens (including phenoxy) is 3. The van der Waals surface area contributed by atoms with Gasteiger partial charge in [-0.05, 0) is 48.1 Å². The average Bonchev–Trinajstić information content (AvgIpc) is 3.56. The van der Waals surface area contributed by atoms with Crippen LogP contribution in [-0.4, -0.2) is 55.4 Å². The molecule has 4 aromatic rings. The van der Waals surface area contributed by atoms with Crippen LogP contribution in [0, 0.1) is 5.92 Å². The second-order valence-corrected chi connectivity index (χ2v) is 12.7. The number of hydrogen-bond donors (Lipinski definition) is 0. The lowest BCUT2D eigenvalue weighted by molar-refractivity contribution is -0.201. The number of anilines is 1. The van der Waals surface area contributed by atoms with Crippen molar-refractivity contribution in [2.24, 2.45) is 5.92 Å². The minimum atomic E-state index is -4.39. The van der Waals surface area contributed by atoms with Crippen LogP contribution in [0.4, 0.5) is 18.9 Å². The van der Waals surface area contributed by atoms with Gasteiger partial charge in [-0.25, -0.2) is 0 Å². The second-order valence-electron chi connectivity index (χ2n) is 12.7. The van der Waals surface area contributed by atoms with Gasteiger partial charge in [0, 0.05) is 37.9 Å². The first-order chi connectivity index (χ1) is 22.8. The van der Waals surface area contributed by atoms with Crippen LogP contribution < -0.4 is 4.90 Å². The number of likely N-dealkylation sites (tertiary alicyclic amines) is 1. The molecule has 4 aromatic carbocycles. The van der Waals surface area contributed by atoms with E-state index in [9.17, 15) is 13.2 Å². The van der Waals surface area contributed by atoms with Gasteiger partial charge in [0.15, 0.2) is 0 Å². The summed E-state index contributed by atoms with van der Waals surface area (Å²) in [5.41, 5.74) is 2.92. The van der Waals surface area contributed by atoms with Crippen molar-refractivity contribution in [3.63, 3.8) is 0 Å². The van der Waals surface area contributed by atoms with E-state index in [-0.39, 0.29) is 36.0 Å². The van der Waals surface area contributed by atoms with Gasteiger partial charge in [-0.2, -0.15) is 13.2 Å². The normalized spacial score (nSPS) is 23.7. The molecule has 5 atom stereocenters. The van der Waals surface area contributed by atoms with Gasteiger partial charge >= 0.3 is 6.18 Å². The molecule has 248 valence electrons. The zero-order valence-electron chi connectivity index (χ0n) is 26.8. The van der Waals surface area contributed by atoms with Gasteiger partial charge in [-0.15, -0.1) is 0 Å². The Hall–Kier alpha value is -3.69. The Labute approximate surface area is 275 Å². The van der Waals surface area contributed by atoms with Gasteiger partial charge in [0.1, 0.15) is 12.2 Å². The van der Waals surface area contributed by atoms with Gasteiger partial charge in [-0.3, -0.25) is 4.90 Å². The maximum atomic E-state index is 13.8. The Balaban J connectivity index is 1.22. The number of alkyl halides is 3. The van der Waals surface area contributed by atoms with E-state index < -0.39 is 11.7 Å². The molecule has 2 aliphatic rings. The molecule has 0 radical (unpaired) electrons. The average molecular weight is 645 g/mol. The van der Waals surface area contributed by atoms with Crippen molar-refractivity contribution < 1.29 is 27.4 Å². The minimum absolute atomic E-state index is 0.00688. The van der Waals surface area contributed by atoms with Crippen molar-refractivity contribution in [1.29, 1.82) is 0 Å². The predicted molar refractivity (Wildman–Crippen MR) is 178 cm³/mol. The maximum Gasteiger partial charge on any atom is 0.418 e. The van der Waals surface area contributed by atoms with Gasteiger partial charge in [0.25, 0.3) is 0 Å². The maximum absolute atomic E-state index is 13.8. The molecule has 0 spiro atoms. The Morgan fingerprint density at radius 1 is 0.638 bits per heavy atom. The molecule has 47 heavy (non-hydrogen) atoms. The van der Waals surface area contributed by atoms with E-state index in [1.165, 1.54) is 12.1 Å². The van der Waals surface area contributed by atoms with Crippen LogP contribution >= 0.6 is 0 Å². The molecular formula is C39H43F3N2O3. The second kappa shape index (κ2) is 15.5. The summed E-state index contributed by atoms with van der Waals surface area (Å²) in [5, 5.41) is 0. The molecule has 6 rings (SSSR count). The Morgan fingerprint density at radius 3 is 1.72 bits per heavy atom. The van der Waals surface area contributed by atoms with Crippen molar-refractivity contribution in [3.8, 4) is 0 Å². The van der Waals surface area contributed by atoms with Gasteiger partial charge in [0.05, 0.1) is 31.5 Å². The molecule has 8 heteroatoms. The van der Waals surface area contributed by atoms with Crippen LogP contribution in [-0.2, 0) is 40.2 Å². The molecular weight excluding hydrogens is 601 g/mol.